The predicted molar refractivity (Wildman–Crippen MR) is 72.4 cm³/mol. The summed E-state index contributed by atoms with van der Waals surface area (Å²) in [6.07, 6.45) is 1.69. The summed E-state index contributed by atoms with van der Waals surface area (Å²) in [7, 11) is 0. The number of nitrogens with zero attached hydrogens (tertiary/aromatic N) is 1. The van der Waals surface area contributed by atoms with Crippen LogP contribution in [-0.2, 0) is 9.53 Å². The van der Waals surface area contributed by atoms with Gasteiger partial charge >= 0.3 is 0 Å². The van der Waals surface area contributed by atoms with E-state index in [1.807, 2.05) is 6.92 Å². The Bertz CT molecular complexity index is 269. The molecule has 1 fully saturated rings. The number of rotatable bonds is 6. The molecule has 1 aliphatic heterocycles. The summed E-state index contributed by atoms with van der Waals surface area (Å²) in [5.41, 5.74) is 5.21. The molecule has 1 aliphatic rings. The molecule has 2 unspecified atom stereocenters. The van der Waals surface area contributed by atoms with E-state index < -0.39 is 5.54 Å². The summed E-state index contributed by atoms with van der Waals surface area (Å²) < 4.78 is 5.64. The predicted octanol–water partition coefficient (Wildman–Crippen LogP) is 0.341. The van der Waals surface area contributed by atoms with E-state index >= 15 is 0 Å². The van der Waals surface area contributed by atoms with Crippen molar-refractivity contribution >= 4 is 5.91 Å². The molecule has 0 radical (unpaired) electrons. The third-order valence-corrected chi connectivity index (χ3v) is 3.45. The van der Waals surface area contributed by atoms with Gasteiger partial charge in [-0.2, -0.15) is 0 Å². The summed E-state index contributed by atoms with van der Waals surface area (Å²) in [6, 6.07) is 0. The fourth-order valence-electron chi connectivity index (χ4n) is 2.23. The van der Waals surface area contributed by atoms with Gasteiger partial charge in [0.15, 0.2) is 0 Å². The van der Waals surface area contributed by atoms with Crippen LogP contribution in [0.1, 0.15) is 33.6 Å². The number of nitrogens with one attached hydrogen (secondary N) is 1. The number of hydrogen-bond donors (Lipinski definition) is 2. The monoisotopic (exact) mass is 257 g/mol. The molecule has 106 valence electrons. The van der Waals surface area contributed by atoms with Gasteiger partial charge in [0, 0.05) is 19.6 Å². The van der Waals surface area contributed by atoms with Crippen LogP contribution in [0.25, 0.3) is 0 Å². The minimum atomic E-state index is -0.770. The Kier molecular flexibility index (Phi) is 6.05. The molecule has 1 heterocycles. The van der Waals surface area contributed by atoms with Gasteiger partial charge < -0.3 is 15.8 Å². The van der Waals surface area contributed by atoms with Gasteiger partial charge in [-0.3, -0.25) is 9.69 Å². The van der Waals surface area contributed by atoms with Crippen molar-refractivity contribution in [1.82, 2.24) is 10.2 Å². The van der Waals surface area contributed by atoms with Crippen LogP contribution in [0.15, 0.2) is 0 Å². The quantitative estimate of drug-likeness (QED) is 0.720. The van der Waals surface area contributed by atoms with Crippen LogP contribution in [0.3, 0.4) is 0 Å². The van der Waals surface area contributed by atoms with E-state index in [9.17, 15) is 4.79 Å². The third kappa shape index (κ3) is 4.55. The lowest BCUT2D eigenvalue weighted by Gasteiger charge is -2.33. The van der Waals surface area contributed by atoms with Crippen molar-refractivity contribution in [3.05, 3.63) is 0 Å². The first-order valence-corrected chi connectivity index (χ1v) is 6.90. The zero-order valence-electron chi connectivity index (χ0n) is 11.9. The van der Waals surface area contributed by atoms with E-state index in [0.717, 1.165) is 32.7 Å². The highest BCUT2D eigenvalue weighted by Crippen LogP contribution is 2.09. The minimum absolute atomic E-state index is 0.0819. The standard InChI is InChI=1S/C13H27N3O2/c1-4-6-13(3,14)12(17)15-9-11-10-16(5-2)7-8-18-11/h11H,4-10,14H2,1-3H3,(H,15,17). The molecular formula is C13H27N3O2. The first-order valence-electron chi connectivity index (χ1n) is 6.90. The van der Waals surface area contributed by atoms with Crippen molar-refractivity contribution in [2.24, 2.45) is 5.73 Å². The van der Waals surface area contributed by atoms with E-state index in [1.54, 1.807) is 6.92 Å². The van der Waals surface area contributed by atoms with Gasteiger partial charge in [-0.05, 0) is 19.9 Å². The molecule has 0 aromatic carbocycles. The Labute approximate surface area is 110 Å². The Morgan fingerprint density at radius 3 is 2.89 bits per heavy atom. The Balaban J connectivity index is 2.33. The van der Waals surface area contributed by atoms with Crippen LogP contribution < -0.4 is 11.1 Å². The fraction of sp³-hybridized carbons (Fsp3) is 0.923. The van der Waals surface area contributed by atoms with Gasteiger partial charge in [0.1, 0.15) is 0 Å². The van der Waals surface area contributed by atoms with Gasteiger partial charge in [-0.1, -0.05) is 20.3 Å². The number of carbonyl (C=O) groups excluding carboxylic acids is 1. The maximum atomic E-state index is 11.9. The van der Waals surface area contributed by atoms with Gasteiger partial charge in [-0.25, -0.2) is 0 Å². The first-order chi connectivity index (χ1) is 8.49. The normalized spacial score (nSPS) is 24.6. The average Bonchev–Trinajstić information content (AvgIpc) is 2.36. The molecule has 0 spiro atoms. The topological polar surface area (TPSA) is 67.6 Å². The molecule has 0 bridgehead atoms. The molecule has 18 heavy (non-hydrogen) atoms. The van der Waals surface area contributed by atoms with Crippen LogP contribution in [0.2, 0.25) is 0 Å². The molecular weight excluding hydrogens is 230 g/mol. The van der Waals surface area contributed by atoms with Crippen molar-refractivity contribution in [3.63, 3.8) is 0 Å². The van der Waals surface area contributed by atoms with E-state index in [2.05, 4.69) is 17.1 Å². The van der Waals surface area contributed by atoms with Crippen molar-refractivity contribution < 1.29 is 9.53 Å². The third-order valence-electron chi connectivity index (χ3n) is 3.45. The van der Waals surface area contributed by atoms with Crippen molar-refractivity contribution in [3.8, 4) is 0 Å². The van der Waals surface area contributed by atoms with E-state index in [0.29, 0.717) is 13.0 Å². The molecule has 1 amide bonds. The molecule has 0 aromatic rings. The number of hydrogen-bond acceptors (Lipinski definition) is 4. The smallest absolute Gasteiger partial charge is 0.239 e. The number of morpholine rings is 1. The second-order valence-electron chi connectivity index (χ2n) is 5.26. The molecule has 2 atom stereocenters. The maximum absolute atomic E-state index is 11.9. The molecule has 0 aromatic heterocycles. The molecule has 1 rings (SSSR count). The van der Waals surface area contributed by atoms with Crippen molar-refractivity contribution in [2.45, 2.75) is 45.3 Å². The number of ether oxygens (including phenoxy) is 1. The lowest BCUT2D eigenvalue weighted by Crippen LogP contribution is -2.54. The summed E-state index contributed by atoms with van der Waals surface area (Å²) >= 11 is 0. The molecule has 0 aliphatic carbocycles. The molecule has 1 saturated heterocycles. The van der Waals surface area contributed by atoms with E-state index in [1.165, 1.54) is 0 Å². The van der Waals surface area contributed by atoms with Gasteiger partial charge in [0.2, 0.25) is 5.91 Å². The number of amides is 1. The first kappa shape index (κ1) is 15.4. The zero-order valence-corrected chi connectivity index (χ0v) is 11.9. The number of likely N-dealkylation sites (N-methyl/N-ethyl adjacent to an activating group) is 1. The summed E-state index contributed by atoms with van der Waals surface area (Å²) in [6.45, 7) is 10.1. The summed E-state index contributed by atoms with van der Waals surface area (Å²) in [5.74, 6) is -0.0819. The van der Waals surface area contributed by atoms with Crippen LogP contribution in [0.5, 0.6) is 0 Å². The van der Waals surface area contributed by atoms with Crippen LogP contribution in [0, 0.1) is 0 Å². The van der Waals surface area contributed by atoms with E-state index in [4.69, 9.17) is 10.5 Å². The highest BCUT2D eigenvalue weighted by atomic mass is 16.5. The van der Waals surface area contributed by atoms with Crippen LogP contribution in [-0.4, -0.2) is 55.2 Å². The summed E-state index contributed by atoms with van der Waals surface area (Å²) in [5, 5.41) is 2.91. The van der Waals surface area contributed by atoms with Crippen molar-refractivity contribution in [2.75, 3.05) is 32.8 Å². The zero-order chi connectivity index (χ0) is 13.6. The lowest BCUT2D eigenvalue weighted by molar-refractivity contribution is -0.127. The van der Waals surface area contributed by atoms with Crippen LogP contribution >= 0.6 is 0 Å². The van der Waals surface area contributed by atoms with Gasteiger partial charge in [-0.15, -0.1) is 0 Å². The van der Waals surface area contributed by atoms with Gasteiger partial charge in [0.25, 0.3) is 0 Å². The Morgan fingerprint density at radius 1 is 1.56 bits per heavy atom. The fourth-order valence-corrected chi connectivity index (χ4v) is 2.23. The lowest BCUT2D eigenvalue weighted by atomic mass is 9.96. The maximum Gasteiger partial charge on any atom is 0.239 e. The molecule has 5 nitrogen and oxygen atoms in total. The number of carbonyl (C=O) groups is 1. The average molecular weight is 257 g/mol. The minimum Gasteiger partial charge on any atom is -0.374 e. The SMILES string of the molecule is CCCC(C)(N)C(=O)NCC1CN(CC)CCO1. The Morgan fingerprint density at radius 2 is 2.28 bits per heavy atom. The second-order valence-corrected chi connectivity index (χ2v) is 5.26. The highest BCUT2D eigenvalue weighted by Gasteiger charge is 2.28. The largest absolute Gasteiger partial charge is 0.374 e. The molecule has 0 saturated carbocycles. The number of nitrogens with two attached hydrogens (primary N) is 1. The van der Waals surface area contributed by atoms with Crippen molar-refractivity contribution in [1.29, 1.82) is 0 Å². The molecule has 5 heteroatoms. The van der Waals surface area contributed by atoms with Gasteiger partial charge in [0.05, 0.1) is 18.2 Å². The Hall–Kier alpha value is -0.650. The second kappa shape index (κ2) is 7.07. The van der Waals surface area contributed by atoms with E-state index in [-0.39, 0.29) is 12.0 Å². The summed E-state index contributed by atoms with van der Waals surface area (Å²) in [4.78, 5) is 14.3. The highest BCUT2D eigenvalue weighted by molar-refractivity contribution is 5.85. The molecule has 3 N–H and O–H groups in total. The van der Waals surface area contributed by atoms with Crippen LogP contribution in [0.4, 0.5) is 0 Å².